The maximum absolute atomic E-state index is 5.21. The zero-order chi connectivity index (χ0) is 13.1. The van der Waals surface area contributed by atoms with E-state index in [9.17, 15) is 0 Å². The number of hydrogen-bond acceptors (Lipinski definition) is 3. The predicted molar refractivity (Wildman–Crippen MR) is 79.7 cm³/mol. The molecule has 0 radical (unpaired) electrons. The van der Waals surface area contributed by atoms with Crippen molar-refractivity contribution in [3.63, 3.8) is 0 Å². The summed E-state index contributed by atoms with van der Waals surface area (Å²) in [6.45, 7) is 0. The summed E-state index contributed by atoms with van der Waals surface area (Å²) in [5, 5.41) is 1.91. The number of ether oxygens (including phenoxy) is 1. The van der Waals surface area contributed by atoms with Crippen LogP contribution in [0, 0.1) is 0 Å². The van der Waals surface area contributed by atoms with Gasteiger partial charge in [-0.15, -0.1) is 11.8 Å². The molecular formula is C16H17NOS. The van der Waals surface area contributed by atoms with E-state index in [1.54, 1.807) is 7.11 Å². The quantitative estimate of drug-likeness (QED) is 0.822. The smallest absolute Gasteiger partial charge is 0.118 e. The van der Waals surface area contributed by atoms with Gasteiger partial charge in [-0.2, -0.15) is 0 Å². The Hall–Kier alpha value is -1.48. The van der Waals surface area contributed by atoms with E-state index < -0.39 is 0 Å². The number of hydrogen-bond donors (Lipinski definition) is 0. The highest BCUT2D eigenvalue weighted by Crippen LogP contribution is 2.39. The van der Waals surface area contributed by atoms with Gasteiger partial charge in [0.2, 0.25) is 0 Å². The van der Waals surface area contributed by atoms with Gasteiger partial charge in [0.05, 0.1) is 7.11 Å². The van der Waals surface area contributed by atoms with E-state index in [1.807, 2.05) is 36.2 Å². The van der Waals surface area contributed by atoms with Crippen molar-refractivity contribution in [2.75, 3.05) is 7.11 Å². The van der Waals surface area contributed by atoms with Gasteiger partial charge < -0.3 is 4.74 Å². The summed E-state index contributed by atoms with van der Waals surface area (Å²) in [6.07, 6.45) is 5.89. The third kappa shape index (κ3) is 2.76. The van der Waals surface area contributed by atoms with Crippen LogP contribution in [0.25, 0.3) is 11.1 Å². The second-order valence-electron chi connectivity index (χ2n) is 4.76. The molecule has 1 saturated carbocycles. The van der Waals surface area contributed by atoms with Crippen molar-refractivity contribution in [3.8, 4) is 16.9 Å². The first-order chi connectivity index (χ1) is 9.36. The zero-order valence-corrected chi connectivity index (χ0v) is 11.8. The summed E-state index contributed by atoms with van der Waals surface area (Å²) in [6, 6.07) is 12.3. The van der Waals surface area contributed by atoms with E-state index in [1.165, 1.54) is 30.4 Å². The molecule has 19 heavy (non-hydrogen) atoms. The van der Waals surface area contributed by atoms with E-state index >= 15 is 0 Å². The first kappa shape index (κ1) is 12.5. The second kappa shape index (κ2) is 5.66. The minimum absolute atomic E-state index is 0.756. The van der Waals surface area contributed by atoms with Crippen molar-refractivity contribution in [2.24, 2.45) is 0 Å². The Morgan fingerprint density at radius 3 is 2.58 bits per heavy atom. The molecule has 1 fully saturated rings. The second-order valence-corrected chi connectivity index (χ2v) is 6.04. The summed E-state index contributed by atoms with van der Waals surface area (Å²) in [5.41, 5.74) is 2.43. The molecule has 0 bridgehead atoms. The van der Waals surface area contributed by atoms with Gasteiger partial charge in [0, 0.05) is 17.0 Å². The lowest BCUT2D eigenvalue weighted by Gasteiger charge is -2.24. The molecule has 1 aliphatic rings. The maximum Gasteiger partial charge on any atom is 0.118 e. The molecule has 0 N–H and O–H groups in total. The molecule has 3 rings (SSSR count). The lowest BCUT2D eigenvalue weighted by Crippen LogP contribution is -2.13. The van der Waals surface area contributed by atoms with Gasteiger partial charge in [-0.1, -0.05) is 24.6 Å². The normalized spacial score (nSPS) is 15.0. The molecule has 3 heteroatoms. The van der Waals surface area contributed by atoms with E-state index in [4.69, 9.17) is 4.74 Å². The molecule has 1 heterocycles. The molecule has 0 unspecified atom stereocenters. The topological polar surface area (TPSA) is 22.1 Å². The van der Waals surface area contributed by atoms with Crippen LogP contribution >= 0.6 is 11.8 Å². The lowest BCUT2D eigenvalue weighted by atomic mass is 10.00. The first-order valence-electron chi connectivity index (χ1n) is 6.63. The molecule has 0 amide bonds. The highest BCUT2D eigenvalue weighted by atomic mass is 32.2. The molecule has 2 nitrogen and oxygen atoms in total. The Bertz CT molecular complexity index is 549. The summed E-state index contributed by atoms with van der Waals surface area (Å²) in [7, 11) is 1.69. The fraction of sp³-hybridized carbons (Fsp3) is 0.312. The average molecular weight is 271 g/mol. The van der Waals surface area contributed by atoms with Crippen LogP contribution < -0.4 is 4.74 Å². The van der Waals surface area contributed by atoms with Gasteiger partial charge >= 0.3 is 0 Å². The number of methoxy groups -OCH3 is 1. The lowest BCUT2D eigenvalue weighted by molar-refractivity contribution is 0.415. The third-order valence-corrected chi connectivity index (χ3v) is 4.86. The van der Waals surface area contributed by atoms with Crippen molar-refractivity contribution in [3.05, 3.63) is 42.6 Å². The van der Waals surface area contributed by atoms with Crippen LogP contribution in [0.15, 0.2) is 47.6 Å². The molecule has 2 aromatic rings. The Morgan fingerprint density at radius 2 is 1.95 bits per heavy atom. The van der Waals surface area contributed by atoms with Crippen molar-refractivity contribution in [2.45, 2.75) is 29.5 Å². The van der Waals surface area contributed by atoms with Crippen molar-refractivity contribution in [1.29, 1.82) is 0 Å². The van der Waals surface area contributed by atoms with Gasteiger partial charge in [0.25, 0.3) is 0 Å². The highest BCUT2D eigenvalue weighted by Gasteiger charge is 2.20. The number of aromatic nitrogens is 1. The molecule has 0 spiro atoms. The zero-order valence-electron chi connectivity index (χ0n) is 11.0. The van der Waals surface area contributed by atoms with Crippen LogP contribution in [0.3, 0.4) is 0 Å². The van der Waals surface area contributed by atoms with E-state index in [0.717, 1.165) is 16.0 Å². The number of nitrogens with zero attached hydrogens (tertiary/aromatic N) is 1. The van der Waals surface area contributed by atoms with Crippen molar-refractivity contribution < 1.29 is 4.74 Å². The number of rotatable bonds is 4. The first-order valence-corrected chi connectivity index (χ1v) is 7.51. The van der Waals surface area contributed by atoms with Crippen molar-refractivity contribution in [1.82, 2.24) is 4.98 Å². The van der Waals surface area contributed by atoms with Crippen LogP contribution in [0.1, 0.15) is 19.3 Å². The van der Waals surface area contributed by atoms with Crippen LogP contribution in [0.2, 0.25) is 0 Å². The molecule has 0 saturated heterocycles. The standard InChI is InChI=1S/C16H17NOS/c1-18-13-9-7-12(8-10-13)15-6-3-11-17-16(15)19-14-4-2-5-14/h3,6-11,14H,2,4-5H2,1H3. The van der Waals surface area contributed by atoms with Crippen LogP contribution in [0.5, 0.6) is 5.75 Å². The average Bonchev–Trinajstić information content (AvgIpc) is 2.43. The monoisotopic (exact) mass is 271 g/mol. The largest absolute Gasteiger partial charge is 0.497 e. The van der Waals surface area contributed by atoms with Gasteiger partial charge in [-0.05, 0) is 36.6 Å². The van der Waals surface area contributed by atoms with Gasteiger partial charge in [0.1, 0.15) is 10.8 Å². The Labute approximate surface area is 118 Å². The summed E-state index contributed by atoms with van der Waals surface area (Å²) in [4.78, 5) is 4.55. The molecule has 1 aliphatic carbocycles. The molecular weight excluding hydrogens is 254 g/mol. The molecule has 1 aromatic heterocycles. The molecule has 98 valence electrons. The summed E-state index contributed by atoms with van der Waals surface area (Å²) in [5.74, 6) is 0.890. The summed E-state index contributed by atoms with van der Waals surface area (Å²) >= 11 is 1.92. The van der Waals surface area contributed by atoms with E-state index in [0.29, 0.717) is 0 Å². The number of pyridine rings is 1. The number of thioether (sulfide) groups is 1. The third-order valence-electron chi connectivity index (χ3n) is 3.50. The fourth-order valence-electron chi connectivity index (χ4n) is 2.12. The van der Waals surface area contributed by atoms with E-state index in [-0.39, 0.29) is 0 Å². The maximum atomic E-state index is 5.21. The molecule has 0 atom stereocenters. The highest BCUT2D eigenvalue weighted by molar-refractivity contribution is 8.00. The van der Waals surface area contributed by atoms with Gasteiger partial charge in [-0.3, -0.25) is 0 Å². The van der Waals surface area contributed by atoms with Crippen molar-refractivity contribution >= 4 is 11.8 Å². The molecule has 0 aliphatic heterocycles. The minimum atomic E-state index is 0.756. The fourth-order valence-corrected chi connectivity index (χ4v) is 3.44. The minimum Gasteiger partial charge on any atom is -0.497 e. The van der Waals surface area contributed by atoms with E-state index in [2.05, 4.69) is 23.2 Å². The molecule has 1 aromatic carbocycles. The SMILES string of the molecule is COc1ccc(-c2cccnc2SC2CCC2)cc1. The predicted octanol–water partition coefficient (Wildman–Crippen LogP) is 4.40. The van der Waals surface area contributed by atoms with Crippen LogP contribution in [0.4, 0.5) is 0 Å². The van der Waals surface area contributed by atoms with Gasteiger partial charge in [0.15, 0.2) is 0 Å². The van der Waals surface area contributed by atoms with Gasteiger partial charge in [-0.25, -0.2) is 4.98 Å². The Kier molecular flexibility index (Phi) is 3.74. The Balaban J connectivity index is 1.89. The Morgan fingerprint density at radius 1 is 1.16 bits per heavy atom. The van der Waals surface area contributed by atoms with Crippen LogP contribution in [-0.4, -0.2) is 17.3 Å². The van der Waals surface area contributed by atoms with Crippen LogP contribution in [-0.2, 0) is 0 Å². The number of benzene rings is 1. The summed E-state index contributed by atoms with van der Waals surface area (Å²) < 4.78 is 5.21.